The fraction of sp³-hybridized carbons (Fsp3) is 0.222. The highest BCUT2D eigenvalue weighted by Crippen LogP contribution is 2.57. The van der Waals surface area contributed by atoms with Crippen LogP contribution in [0.15, 0.2) is 71.2 Å². The molecular formula is C27H22BrCl2NO2. The molecule has 1 spiro atoms. The van der Waals surface area contributed by atoms with Crippen molar-refractivity contribution in [2.24, 2.45) is 0 Å². The van der Waals surface area contributed by atoms with Crippen LogP contribution in [0.25, 0.3) is 11.6 Å². The highest BCUT2D eigenvalue weighted by Gasteiger charge is 2.51. The van der Waals surface area contributed by atoms with Gasteiger partial charge in [-0.3, -0.25) is 0 Å². The highest BCUT2D eigenvalue weighted by molar-refractivity contribution is 9.10. The van der Waals surface area contributed by atoms with Gasteiger partial charge >= 0.3 is 5.97 Å². The quantitative estimate of drug-likeness (QED) is 0.350. The molecule has 0 aliphatic heterocycles. The van der Waals surface area contributed by atoms with Gasteiger partial charge in [-0.2, -0.15) is 0 Å². The van der Waals surface area contributed by atoms with Gasteiger partial charge in [0.2, 0.25) is 0 Å². The number of fused-ring (bicyclic) bond motifs is 2. The van der Waals surface area contributed by atoms with E-state index in [1.54, 1.807) is 6.07 Å². The van der Waals surface area contributed by atoms with Gasteiger partial charge in [0.15, 0.2) is 0 Å². The van der Waals surface area contributed by atoms with Crippen LogP contribution in [0, 0.1) is 0 Å². The van der Waals surface area contributed by atoms with Gasteiger partial charge in [-0.25, -0.2) is 4.79 Å². The molecule has 5 rings (SSSR count). The minimum atomic E-state index is -1.03. The Morgan fingerprint density at radius 2 is 1.61 bits per heavy atom. The van der Waals surface area contributed by atoms with E-state index < -0.39 is 11.5 Å². The van der Waals surface area contributed by atoms with E-state index in [0.29, 0.717) is 35.7 Å². The zero-order valence-corrected chi connectivity index (χ0v) is 20.8. The number of carboxylic acid groups (broad SMARTS) is 1. The van der Waals surface area contributed by atoms with Crippen LogP contribution in [-0.4, -0.2) is 16.6 Å². The van der Waals surface area contributed by atoms with Crippen LogP contribution in [0.5, 0.6) is 0 Å². The fourth-order valence-corrected chi connectivity index (χ4v) is 6.37. The second-order valence-corrected chi connectivity index (χ2v) is 10.7. The van der Waals surface area contributed by atoms with Gasteiger partial charge < -0.3 is 10.4 Å². The van der Waals surface area contributed by atoms with E-state index in [0.717, 1.165) is 21.3 Å². The number of benzene rings is 3. The van der Waals surface area contributed by atoms with Gasteiger partial charge in [0.1, 0.15) is 5.54 Å². The summed E-state index contributed by atoms with van der Waals surface area (Å²) >= 11 is 16.2. The standard InChI is InChI=1S/C27H22BrCl2NO2/c28-19-5-3-6-22(15-19)31-27(25(32)33)10-8-26(9-11-27)23-7-2-1-4-17(23)14-24(26)18-12-20(29)16-21(30)13-18/h1-7,12-16,31H,8-11H2,(H,32,33). The van der Waals surface area contributed by atoms with Crippen molar-refractivity contribution < 1.29 is 9.90 Å². The molecular weight excluding hydrogens is 521 g/mol. The number of carboxylic acids is 1. The first-order valence-corrected chi connectivity index (χ1v) is 12.4. The number of aliphatic carboxylic acids is 1. The third-order valence-corrected chi connectivity index (χ3v) is 7.97. The topological polar surface area (TPSA) is 49.3 Å². The first-order valence-electron chi connectivity index (χ1n) is 10.9. The number of carbonyl (C=O) groups is 1. The molecule has 0 saturated heterocycles. The summed E-state index contributed by atoms with van der Waals surface area (Å²) in [6, 6.07) is 21.7. The van der Waals surface area contributed by atoms with E-state index in [1.807, 2.05) is 42.5 Å². The molecule has 2 aliphatic carbocycles. The predicted octanol–water partition coefficient (Wildman–Crippen LogP) is 8.06. The van der Waals surface area contributed by atoms with E-state index >= 15 is 0 Å². The maximum absolute atomic E-state index is 12.5. The summed E-state index contributed by atoms with van der Waals surface area (Å²) in [4.78, 5) is 12.5. The molecule has 1 saturated carbocycles. The Kier molecular flexibility index (Phi) is 5.80. The van der Waals surface area contributed by atoms with E-state index in [1.165, 1.54) is 11.1 Å². The Hall–Kier alpha value is -2.27. The van der Waals surface area contributed by atoms with Crippen molar-refractivity contribution in [1.29, 1.82) is 0 Å². The van der Waals surface area contributed by atoms with Crippen LogP contribution >= 0.6 is 39.1 Å². The van der Waals surface area contributed by atoms with Crippen molar-refractivity contribution in [2.45, 2.75) is 36.6 Å². The minimum absolute atomic E-state index is 0.275. The predicted molar refractivity (Wildman–Crippen MR) is 139 cm³/mol. The van der Waals surface area contributed by atoms with Gasteiger partial charge in [0.05, 0.1) is 0 Å². The lowest BCUT2D eigenvalue weighted by Crippen LogP contribution is -2.52. The maximum Gasteiger partial charge on any atom is 0.329 e. The van der Waals surface area contributed by atoms with Crippen LogP contribution in [0.1, 0.15) is 42.4 Å². The zero-order chi connectivity index (χ0) is 23.2. The molecule has 2 N–H and O–H groups in total. The largest absolute Gasteiger partial charge is 0.480 e. The Bertz CT molecular complexity index is 1260. The summed E-state index contributed by atoms with van der Waals surface area (Å²) in [5.41, 5.74) is 4.07. The molecule has 0 atom stereocenters. The van der Waals surface area contributed by atoms with Crippen molar-refractivity contribution in [1.82, 2.24) is 0 Å². The van der Waals surface area contributed by atoms with Gasteiger partial charge in [-0.15, -0.1) is 0 Å². The number of nitrogens with one attached hydrogen (secondary N) is 1. The number of hydrogen-bond acceptors (Lipinski definition) is 2. The van der Waals surface area contributed by atoms with Crippen LogP contribution in [0.2, 0.25) is 10.0 Å². The number of halogens is 3. The van der Waals surface area contributed by atoms with E-state index in [-0.39, 0.29) is 5.41 Å². The van der Waals surface area contributed by atoms with Crippen molar-refractivity contribution in [3.05, 3.63) is 97.9 Å². The summed E-state index contributed by atoms with van der Waals surface area (Å²) < 4.78 is 0.910. The second kappa shape index (κ2) is 8.50. The van der Waals surface area contributed by atoms with Crippen molar-refractivity contribution in [3.8, 4) is 0 Å². The molecule has 0 amide bonds. The summed E-state index contributed by atoms with van der Waals surface area (Å²) in [7, 11) is 0. The van der Waals surface area contributed by atoms with Gasteiger partial charge in [-0.05, 0) is 90.4 Å². The molecule has 0 aromatic heterocycles. The summed E-state index contributed by atoms with van der Waals surface area (Å²) in [5, 5.41) is 14.8. The van der Waals surface area contributed by atoms with Crippen molar-refractivity contribution in [2.75, 3.05) is 5.32 Å². The average Bonchev–Trinajstić information content (AvgIpc) is 3.09. The summed E-state index contributed by atoms with van der Waals surface area (Å²) in [6.07, 6.45) is 4.61. The van der Waals surface area contributed by atoms with Crippen LogP contribution in [-0.2, 0) is 10.2 Å². The molecule has 0 heterocycles. The lowest BCUT2D eigenvalue weighted by atomic mass is 9.61. The lowest BCUT2D eigenvalue weighted by molar-refractivity contribution is -0.143. The van der Waals surface area contributed by atoms with E-state index in [9.17, 15) is 9.90 Å². The monoisotopic (exact) mass is 541 g/mol. The zero-order valence-electron chi connectivity index (χ0n) is 17.7. The first-order chi connectivity index (χ1) is 15.8. The molecule has 2 aliphatic rings. The summed E-state index contributed by atoms with van der Waals surface area (Å²) in [6.45, 7) is 0. The normalized spacial score (nSPS) is 23.8. The Labute approximate surface area is 211 Å². The van der Waals surface area contributed by atoms with E-state index in [4.69, 9.17) is 23.2 Å². The highest BCUT2D eigenvalue weighted by atomic mass is 79.9. The van der Waals surface area contributed by atoms with Crippen LogP contribution in [0.3, 0.4) is 0 Å². The number of anilines is 1. The molecule has 168 valence electrons. The smallest absolute Gasteiger partial charge is 0.329 e. The SMILES string of the molecule is O=C(O)C1(Nc2cccc(Br)c2)CCC2(CC1)C(c1cc(Cl)cc(Cl)c1)=Cc1ccccc12. The van der Waals surface area contributed by atoms with E-state index in [2.05, 4.69) is 45.5 Å². The number of allylic oxidation sites excluding steroid dienone is 1. The average molecular weight is 543 g/mol. The molecule has 1 fully saturated rings. The second-order valence-electron chi connectivity index (χ2n) is 8.91. The Morgan fingerprint density at radius 3 is 2.27 bits per heavy atom. The molecule has 3 aromatic carbocycles. The third-order valence-electron chi connectivity index (χ3n) is 7.04. The maximum atomic E-state index is 12.5. The molecule has 6 heteroatoms. The van der Waals surface area contributed by atoms with Gasteiger partial charge in [0, 0.05) is 25.6 Å². The van der Waals surface area contributed by atoms with Crippen molar-refractivity contribution in [3.63, 3.8) is 0 Å². The molecule has 3 aromatic rings. The molecule has 0 unspecified atom stereocenters. The Balaban J connectivity index is 1.54. The summed E-state index contributed by atoms with van der Waals surface area (Å²) in [5.74, 6) is -0.820. The number of rotatable bonds is 4. The lowest BCUT2D eigenvalue weighted by Gasteiger charge is -2.45. The molecule has 0 radical (unpaired) electrons. The Morgan fingerprint density at radius 1 is 0.909 bits per heavy atom. The minimum Gasteiger partial charge on any atom is -0.480 e. The molecule has 33 heavy (non-hydrogen) atoms. The molecule has 3 nitrogen and oxygen atoms in total. The van der Waals surface area contributed by atoms with Crippen LogP contribution in [0.4, 0.5) is 5.69 Å². The third kappa shape index (κ3) is 3.99. The molecule has 0 bridgehead atoms. The fourth-order valence-electron chi connectivity index (χ4n) is 5.44. The van der Waals surface area contributed by atoms with Gasteiger partial charge in [-0.1, -0.05) is 69.5 Å². The number of hydrogen-bond donors (Lipinski definition) is 2. The van der Waals surface area contributed by atoms with Gasteiger partial charge in [0.25, 0.3) is 0 Å². The van der Waals surface area contributed by atoms with Crippen LogP contribution < -0.4 is 5.32 Å². The van der Waals surface area contributed by atoms with Crippen molar-refractivity contribution >= 4 is 62.4 Å². The first kappa shape index (κ1) is 22.5.